The van der Waals surface area contributed by atoms with Gasteiger partial charge in [-0.2, -0.15) is 0 Å². The highest BCUT2D eigenvalue weighted by molar-refractivity contribution is 7.92. The number of fused-ring (bicyclic) bond motifs is 1. The van der Waals surface area contributed by atoms with Gasteiger partial charge >= 0.3 is 0 Å². The van der Waals surface area contributed by atoms with Gasteiger partial charge in [-0.1, -0.05) is 24.6 Å². The monoisotopic (exact) mass is 553 g/mol. The fourth-order valence-corrected chi connectivity index (χ4v) is 5.50. The molecule has 1 heterocycles. The molecule has 10 nitrogen and oxygen atoms in total. The Labute approximate surface area is 219 Å². The minimum Gasteiger partial charge on any atom is -0.488 e. The van der Waals surface area contributed by atoms with Gasteiger partial charge in [0, 0.05) is 30.8 Å². The van der Waals surface area contributed by atoms with Crippen molar-refractivity contribution in [3.8, 4) is 5.75 Å². The molecule has 0 fully saturated rings. The van der Waals surface area contributed by atoms with Crippen LogP contribution in [0.25, 0.3) is 0 Å². The minimum atomic E-state index is -3.87. The zero-order valence-electron chi connectivity index (χ0n) is 21.7. The summed E-state index contributed by atoms with van der Waals surface area (Å²) in [6.45, 7) is 5.52. The van der Waals surface area contributed by atoms with E-state index >= 15 is 0 Å². The van der Waals surface area contributed by atoms with E-state index in [0.717, 1.165) is 11.8 Å². The van der Waals surface area contributed by atoms with Crippen LogP contribution >= 0.6 is 0 Å². The summed E-state index contributed by atoms with van der Waals surface area (Å²) in [6, 6.07) is 10.7. The second-order valence-electron chi connectivity index (χ2n) is 9.67. The number of ether oxygens (including phenoxy) is 1. The van der Waals surface area contributed by atoms with Gasteiger partial charge in [0.2, 0.25) is 15.9 Å². The maximum Gasteiger partial charge on any atom is 0.261 e. The van der Waals surface area contributed by atoms with Crippen molar-refractivity contribution in [3.63, 3.8) is 0 Å². The van der Waals surface area contributed by atoms with E-state index in [1.165, 1.54) is 23.5 Å². The Morgan fingerprint density at radius 2 is 1.81 bits per heavy atom. The lowest BCUT2D eigenvalue weighted by atomic mass is 10.0. The molecular formula is C25H35N3O7S2. The van der Waals surface area contributed by atoms with E-state index < -0.39 is 32.2 Å². The molecule has 0 saturated heterocycles. The second-order valence-corrected chi connectivity index (χ2v) is 13.4. The van der Waals surface area contributed by atoms with E-state index in [9.17, 15) is 26.7 Å². The molecule has 2 aromatic carbocycles. The summed E-state index contributed by atoms with van der Waals surface area (Å²) < 4.78 is 60.0. The Balaban J connectivity index is 1.99. The molecule has 0 bridgehead atoms. The first-order valence-corrected chi connectivity index (χ1v) is 15.2. The van der Waals surface area contributed by atoms with Crippen molar-refractivity contribution in [2.45, 2.75) is 44.2 Å². The van der Waals surface area contributed by atoms with Crippen LogP contribution in [0.5, 0.6) is 5.75 Å². The third-order valence-corrected chi connectivity index (χ3v) is 9.18. The molecule has 37 heavy (non-hydrogen) atoms. The standard InChI is InChI=1S/C25H35N3O7S2/c1-17-6-9-22(10-7-17)37(33,34)26-21-8-11-23-20(12-21)13-25(30)28(19(3)16-29)14-18(2)24(35-23)15-27(4)36(5,31)32/h6-12,18-19,24,26,29H,13-16H2,1-5H3/t18-,19+,24+/m0/s1. The van der Waals surface area contributed by atoms with Crippen molar-refractivity contribution in [1.29, 1.82) is 0 Å². The number of hydrogen-bond donors (Lipinski definition) is 2. The number of hydrogen-bond acceptors (Lipinski definition) is 7. The summed E-state index contributed by atoms with van der Waals surface area (Å²) in [5.41, 5.74) is 1.64. The van der Waals surface area contributed by atoms with E-state index in [2.05, 4.69) is 4.72 Å². The van der Waals surface area contributed by atoms with Gasteiger partial charge in [0.15, 0.2) is 0 Å². The lowest BCUT2D eigenvalue weighted by molar-refractivity contribution is -0.134. The number of nitrogens with zero attached hydrogens (tertiary/aromatic N) is 2. The average molecular weight is 554 g/mol. The quantitative estimate of drug-likeness (QED) is 0.510. The number of sulfonamides is 2. The SMILES string of the molecule is Cc1ccc(S(=O)(=O)Nc2ccc3c(c2)CC(=O)N([C@H](C)CO)C[C@H](C)[C@@H](CN(C)S(C)(=O)=O)O3)cc1. The number of nitrogens with one attached hydrogen (secondary N) is 1. The van der Waals surface area contributed by atoms with Crippen LogP contribution in [0.4, 0.5) is 5.69 Å². The topological polar surface area (TPSA) is 133 Å². The number of aliphatic hydroxyl groups is 1. The van der Waals surface area contributed by atoms with Gasteiger partial charge in [-0.3, -0.25) is 9.52 Å². The van der Waals surface area contributed by atoms with Crippen LogP contribution in [-0.4, -0.2) is 82.2 Å². The van der Waals surface area contributed by atoms with Gasteiger partial charge in [0.1, 0.15) is 11.9 Å². The van der Waals surface area contributed by atoms with Gasteiger partial charge in [0.05, 0.1) is 36.8 Å². The fraction of sp³-hybridized carbons (Fsp3) is 0.480. The number of aliphatic hydroxyl groups excluding tert-OH is 1. The van der Waals surface area contributed by atoms with E-state index in [1.54, 1.807) is 42.2 Å². The average Bonchev–Trinajstić information content (AvgIpc) is 2.86. The molecule has 2 aromatic rings. The summed E-state index contributed by atoms with van der Waals surface area (Å²) in [5.74, 6) is -0.161. The van der Waals surface area contributed by atoms with E-state index in [4.69, 9.17) is 4.74 Å². The molecule has 204 valence electrons. The second kappa shape index (κ2) is 11.4. The third kappa shape index (κ3) is 7.22. The molecule has 3 atom stereocenters. The predicted octanol–water partition coefficient (Wildman–Crippen LogP) is 1.84. The fourth-order valence-electron chi connectivity index (χ4n) is 4.03. The number of benzene rings is 2. The summed E-state index contributed by atoms with van der Waals surface area (Å²) in [5, 5.41) is 9.74. The molecule has 12 heteroatoms. The number of carbonyl (C=O) groups is 1. The first-order chi connectivity index (χ1) is 17.2. The van der Waals surface area contributed by atoms with E-state index in [-0.39, 0.29) is 48.5 Å². The molecule has 0 saturated carbocycles. The highest BCUT2D eigenvalue weighted by Gasteiger charge is 2.32. The first kappa shape index (κ1) is 28.9. The third-order valence-electron chi connectivity index (χ3n) is 6.50. The largest absolute Gasteiger partial charge is 0.488 e. The smallest absolute Gasteiger partial charge is 0.261 e. The zero-order chi connectivity index (χ0) is 27.5. The Morgan fingerprint density at radius 1 is 1.16 bits per heavy atom. The highest BCUT2D eigenvalue weighted by atomic mass is 32.2. The van der Waals surface area contributed by atoms with Crippen molar-refractivity contribution in [2.24, 2.45) is 5.92 Å². The number of amides is 1. The van der Waals surface area contributed by atoms with Crippen LogP contribution in [-0.2, 0) is 31.3 Å². The molecular weight excluding hydrogens is 518 g/mol. The van der Waals surface area contributed by atoms with Gasteiger partial charge in [-0.05, 0) is 44.2 Å². The summed E-state index contributed by atoms with van der Waals surface area (Å²) in [6.07, 6.45) is 0.422. The Bertz CT molecular complexity index is 1330. The van der Waals surface area contributed by atoms with E-state index in [0.29, 0.717) is 11.3 Å². The number of aryl methyl sites for hydroxylation is 1. The summed E-state index contributed by atoms with van der Waals surface area (Å²) >= 11 is 0. The minimum absolute atomic E-state index is 0.0524. The van der Waals surface area contributed by atoms with Crippen LogP contribution in [0.2, 0.25) is 0 Å². The molecule has 2 N–H and O–H groups in total. The summed E-state index contributed by atoms with van der Waals surface area (Å²) in [4.78, 5) is 14.9. The maximum absolute atomic E-state index is 13.3. The number of rotatable bonds is 8. The van der Waals surface area contributed by atoms with Crippen molar-refractivity contribution >= 4 is 31.6 Å². The van der Waals surface area contributed by atoms with Gasteiger partial charge in [0.25, 0.3) is 10.0 Å². The number of carbonyl (C=O) groups excluding carboxylic acids is 1. The summed E-state index contributed by atoms with van der Waals surface area (Å²) in [7, 11) is -5.89. The molecule has 1 aliphatic heterocycles. The normalized spacial score (nSPS) is 19.9. The molecule has 3 rings (SSSR count). The van der Waals surface area contributed by atoms with Crippen LogP contribution in [0.3, 0.4) is 0 Å². The van der Waals surface area contributed by atoms with Crippen LogP contribution < -0.4 is 9.46 Å². The molecule has 0 radical (unpaired) electrons. The first-order valence-electron chi connectivity index (χ1n) is 11.9. The van der Waals surface area contributed by atoms with Crippen LogP contribution in [0.15, 0.2) is 47.4 Å². The van der Waals surface area contributed by atoms with E-state index in [1.807, 2.05) is 13.8 Å². The maximum atomic E-state index is 13.3. The molecule has 1 aliphatic rings. The molecule has 0 aromatic heterocycles. The van der Waals surface area contributed by atoms with Crippen molar-refractivity contribution in [2.75, 3.05) is 37.7 Å². The lowest BCUT2D eigenvalue weighted by Crippen LogP contribution is -2.48. The zero-order valence-corrected chi connectivity index (χ0v) is 23.3. The van der Waals surface area contributed by atoms with Crippen LogP contribution in [0, 0.1) is 12.8 Å². The molecule has 1 amide bonds. The molecule has 0 unspecified atom stereocenters. The predicted molar refractivity (Wildman–Crippen MR) is 141 cm³/mol. The van der Waals surface area contributed by atoms with Crippen molar-refractivity contribution < 1.29 is 31.5 Å². The van der Waals surface area contributed by atoms with Crippen molar-refractivity contribution in [3.05, 3.63) is 53.6 Å². The Hall–Kier alpha value is -2.67. The Kier molecular flexibility index (Phi) is 8.89. The van der Waals surface area contributed by atoms with Gasteiger partial charge < -0.3 is 14.7 Å². The van der Waals surface area contributed by atoms with Crippen molar-refractivity contribution in [1.82, 2.24) is 9.21 Å². The number of likely N-dealkylation sites (N-methyl/N-ethyl adjacent to an activating group) is 1. The highest BCUT2D eigenvalue weighted by Crippen LogP contribution is 2.30. The van der Waals surface area contributed by atoms with Crippen LogP contribution in [0.1, 0.15) is 25.0 Å². The van der Waals surface area contributed by atoms with Gasteiger partial charge in [-0.15, -0.1) is 0 Å². The molecule has 0 spiro atoms. The Morgan fingerprint density at radius 3 is 2.41 bits per heavy atom. The number of anilines is 1. The lowest BCUT2D eigenvalue weighted by Gasteiger charge is -2.33. The van der Waals surface area contributed by atoms with Gasteiger partial charge in [-0.25, -0.2) is 21.1 Å². The molecule has 0 aliphatic carbocycles.